The molecule has 0 saturated carbocycles. The maximum Gasteiger partial charge on any atom is 0.191 e. The molecule has 0 spiro atoms. The highest BCUT2D eigenvalue weighted by atomic mass is 15.3. The normalized spacial score (nSPS) is 25.4. The number of nitrogens with one attached hydrogen (secondary N) is 2. The van der Waals surface area contributed by atoms with Gasteiger partial charge in [0.1, 0.15) is 0 Å². The first-order valence-electron chi connectivity index (χ1n) is 7.65. The van der Waals surface area contributed by atoms with Crippen LogP contribution < -0.4 is 10.6 Å². The number of hydrogen-bond acceptors (Lipinski definition) is 2. The van der Waals surface area contributed by atoms with E-state index < -0.39 is 0 Å². The zero-order chi connectivity index (χ0) is 14.4. The highest BCUT2D eigenvalue weighted by molar-refractivity contribution is 5.80. The molecule has 0 aromatic carbocycles. The average Bonchev–Trinajstić information content (AvgIpc) is 2.69. The Morgan fingerprint density at radius 1 is 1.26 bits per heavy atom. The summed E-state index contributed by atoms with van der Waals surface area (Å²) in [6.07, 6.45) is 1.18. The first kappa shape index (κ1) is 16.3. The fourth-order valence-corrected chi connectivity index (χ4v) is 2.46. The van der Waals surface area contributed by atoms with E-state index >= 15 is 0 Å². The average molecular weight is 268 g/mol. The lowest BCUT2D eigenvalue weighted by Crippen LogP contribution is -2.47. The fourth-order valence-electron chi connectivity index (χ4n) is 2.46. The summed E-state index contributed by atoms with van der Waals surface area (Å²) < 4.78 is 0. The van der Waals surface area contributed by atoms with Crippen LogP contribution in [0.3, 0.4) is 0 Å². The summed E-state index contributed by atoms with van der Waals surface area (Å²) in [5.74, 6) is 2.35. The van der Waals surface area contributed by atoms with Crippen LogP contribution in [-0.4, -0.2) is 49.6 Å². The molecule has 1 fully saturated rings. The Hall–Kier alpha value is -0.770. The van der Waals surface area contributed by atoms with Gasteiger partial charge in [-0.1, -0.05) is 20.8 Å². The van der Waals surface area contributed by atoms with Crippen LogP contribution in [0.15, 0.2) is 4.99 Å². The predicted molar refractivity (Wildman–Crippen MR) is 83.6 cm³/mol. The monoisotopic (exact) mass is 268 g/mol. The molecule has 4 heteroatoms. The Morgan fingerprint density at radius 2 is 1.95 bits per heavy atom. The van der Waals surface area contributed by atoms with E-state index in [-0.39, 0.29) is 0 Å². The molecule has 0 radical (unpaired) electrons. The highest BCUT2D eigenvalue weighted by Gasteiger charge is 2.31. The summed E-state index contributed by atoms with van der Waals surface area (Å²) in [6, 6.07) is 1.14. The Kier molecular flexibility index (Phi) is 6.63. The van der Waals surface area contributed by atoms with E-state index in [0.717, 1.165) is 25.0 Å². The maximum absolute atomic E-state index is 4.33. The van der Waals surface area contributed by atoms with Crippen molar-refractivity contribution in [2.24, 2.45) is 16.8 Å². The SMILES string of the molecule is CN=C(NCCC(C)C)NC1CN(C(C)C)CC1C. The second-order valence-corrected chi connectivity index (χ2v) is 6.46. The molecule has 0 bridgehead atoms. The van der Waals surface area contributed by atoms with Crippen molar-refractivity contribution in [2.45, 2.75) is 53.1 Å². The molecule has 0 aromatic rings. The van der Waals surface area contributed by atoms with E-state index in [4.69, 9.17) is 0 Å². The van der Waals surface area contributed by atoms with E-state index in [2.05, 4.69) is 55.1 Å². The summed E-state index contributed by atoms with van der Waals surface area (Å²) in [6.45, 7) is 14.6. The molecule has 1 heterocycles. The van der Waals surface area contributed by atoms with E-state index in [1.807, 2.05) is 7.05 Å². The number of likely N-dealkylation sites (tertiary alicyclic amines) is 1. The Labute approximate surface area is 119 Å². The van der Waals surface area contributed by atoms with E-state index in [9.17, 15) is 0 Å². The number of nitrogens with zero attached hydrogens (tertiary/aromatic N) is 2. The van der Waals surface area contributed by atoms with E-state index in [0.29, 0.717) is 18.0 Å². The van der Waals surface area contributed by atoms with Gasteiger partial charge >= 0.3 is 0 Å². The lowest BCUT2D eigenvalue weighted by atomic mass is 10.1. The number of rotatable bonds is 5. The molecule has 1 rings (SSSR count). The van der Waals surface area contributed by atoms with Gasteiger partial charge in [-0.25, -0.2) is 0 Å². The van der Waals surface area contributed by atoms with Gasteiger partial charge in [-0.3, -0.25) is 9.89 Å². The summed E-state index contributed by atoms with van der Waals surface area (Å²) in [5, 5.41) is 6.98. The summed E-state index contributed by atoms with van der Waals surface area (Å²) in [4.78, 5) is 6.86. The van der Waals surface area contributed by atoms with Gasteiger partial charge in [-0.15, -0.1) is 0 Å². The van der Waals surface area contributed by atoms with Crippen LogP contribution in [0.4, 0.5) is 0 Å². The van der Waals surface area contributed by atoms with Crippen LogP contribution in [0, 0.1) is 11.8 Å². The lowest BCUT2D eigenvalue weighted by molar-refractivity contribution is 0.265. The largest absolute Gasteiger partial charge is 0.356 e. The van der Waals surface area contributed by atoms with Gasteiger partial charge in [-0.05, 0) is 32.1 Å². The summed E-state index contributed by atoms with van der Waals surface area (Å²) in [7, 11) is 1.85. The van der Waals surface area contributed by atoms with Crippen molar-refractivity contribution in [3.63, 3.8) is 0 Å². The fraction of sp³-hybridized carbons (Fsp3) is 0.933. The molecule has 2 unspecified atom stereocenters. The number of aliphatic imine (C=N–C) groups is 1. The van der Waals surface area contributed by atoms with Gasteiger partial charge in [0, 0.05) is 38.8 Å². The molecule has 112 valence electrons. The highest BCUT2D eigenvalue weighted by Crippen LogP contribution is 2.18. The second-order valence-electron chi connectivity index (χ2n) is 6.46. The minimum atomic E-state index is 0.507. The summed E-state index contributed by atoms with van der Waals surface area (Å²) >= 11 is 0. The van der Waals surface area contributed by atoms with Gasteiger partial charge in [0.15, 0.2) is 5.96 Å². The molecular formula is C15H32N4. The lowest BCUT2D eigenvalue weighted by Gasteiger charge is -2.22. The zero-order valence-electron chi connectivity index (χ0n) is 13.5. The van der Waals surface area contributed by atoms with Gasteiger partial charge in [0.05, 0.1) is 0 Å². The third-order valence-corrected chi connectivity index (χ3v) is 3.93. The quantitative estimate of drug-likeness (QED) is 0.591. The molecule has 1 aliphatic heterocycles. The minimum absolute atomic E-state index is 0.507. The molecule has 1 aliphatic rings. The molecule has 0 aromatic heterocycles. The van der Waals surface area contributed by atoms with Crippen LogP contribution in [0.25, 0.3) is 0 Å². The van der Waals surface area contributed by atoms with Crippen LogP contribution in [0.2, 0.25) is 0 Å². The molecule has 0 aliphatic carbocycles. The summed E-state index contributed by atoms with van der Waals surface area (Å²) in [5.41, 5.74) is 0. The topological polar surface area (TPSA) is 39.7 Å². The van der Waals surface area contributed by atoms with Crippen LogP contribution >= 0.6 is 0 Å². The van der Waals surface area contributed by atoms with Crippen molar-refractivity contribution < 1.29 is 0 Å². The van der Waals surface area contributed by atoms with Crippen molar-refractivity contribution in [1.82, 2.24) is 15.5 Å². The Balaban J connectivity index is 2.39. The van der Waals surface area contributed by atoms with Crippen LogP contribution in [0.1, 0.15) is 41.0 Å². The van der Waals surface area contributed by atoms with Crippen molar-refractivity contribution in [3.05, 3.63) is 0 Å². The molecule has 4 nitrogen and oxygen atoms in total. The van der Waals surface area contributed by atoms with Gasteiger partial charge in [0.25, 0.3) is 0 Å². The van der Waals surface area contributed by atoms with Crippen LogP contribution in [-0.2, 0) is 0 Å². The molecule has 19 heavy (non-hydrogen) atoms. The van der Waals surface area contributed by atoms with E-state index in [1.54, 1.807) is 0 Å². The minimum Gasteiger partial charge on any atom is -0.356 e. The zero-order valence-corrected chi connectivity index (χ0v) is 13.5. The van der Waals surface area contributed by atoms with Gasteiger partial charge in [-0.2, -0.15) is 0 Å². The van der Waals surface area contributed by atoms with Crippen molar-refractivity contribution >= 4 is 5.96 Å². The molecule has 2 N–H and O–H groups in total. The molecule has 2 atom stereocenters. The number of hydrogen-bond donors (Lipinski definition) is 2. The molecule has 0 amide bonds. The predicted octanol–water partition coefficient (Wildman–Crippen LogP) is 1.93. The van der Waals surface area contributed by atoms with Crippen molar-refractivity contribution in [3.8, 4) is 0 Å². The molecular weight excluding hydrogens is 236 g/mol. The maximum atomic E-state index is 4.33. The third kappa shape index (κ3) is 5.39. The second kappa shape index (κ2) is 7.73. The van der Waals surface area contributed by atoms with Crippen molar-refractivity contribution in [1.29, 1.82) is 0 Å². The Bertz CT molecular complexity index is 286. The molecule has 1 saturated heterocycles. The third-order valence-electron chi connectivity index (χ3n) is 3.93. The van der Waals surface area contributed by atoms with Crippen LogP contribution in [0.5, 0.6) is 0 Å². The van der Waals surface area contributed by atoms with E-state index in [1.165, 1.54) is 13.0 Å². The smallest absolute Gasteiger partial charge is 0.191 e. The number of guanidine groups is 1. The Morgan fingerprint density at radius 3 is 2.42 bits per heavy atom. The first-order valence-corrected chi connectivity index (χ1v) is 7.65. The standard InChI is InChI=1S/C15H32N4/c1-11(2)7-8-17-15(16-6)18-14-10-19(12(3)4)9-13(14)5/h11-14H,7-10H2,1-6H3,(H2,16,17,18). The van der Waals surface area contributed by atoms with Crippen molar-refractivity contribution in [2.75, 3.05) is 26.7 Å². The van der Waals surface area contributed by atoms with Gasteiger partial charge < -0.3 is 10.6 Å². The van der Waals surface area contributed by atoms with Gasteiger partial charge in [0.2, 0.25) is 0 Å². The first-order chi connectivity index (χ1) is 8.93.